The molecule has 0 atom stereocenters. The van der Waals surface area contributed by atoms with Crippen molar-refractivity contribution in [1.82, 2.24) is 14.4 Å². The second-order valence-corrected chi connectivity index (χ2v) is 6.91. The number of fused-ring (bicyclic) bond motifs is 1. The summed E-state index contributed by atoms with van der Waals surface area (Å²) in [6.45, 7) is 3.24. The van der Waals surface area contributed by atoms with Gasteiger partial charge in [0.25, 0.3) is 0 Å². The summed E-state index contributed by atoms with van der Waals surface area (Å²) in [6.07, 6.45) is 14.8. The van der Waals surface area contributed by atoms with Crippen LogP contribution in [0.2, 0.25) is 0 Å². The lowest BCUT2D eigenvalue weighted by molar-refractivity contribution is 0.581. The highest BCUT2D eigenvalue weighted by atomic mass is 15.1. The molecule has 0 unspecified atom stereocenters. The number of rotatable bonds is 11. The summed E-state index contributed by atoms with van der Waals surface area (Å²) in [5.74, 6) is 1.65. The molecule has 26 heavy (non-hydrogen) atoms. The van der Waals surface area contributed by atoms with Gasteiger partial charge in [-0.1, -0.05) is 82.2 Å². The number of anilines is 1. The average Bonchev–Trinajstić information content (AvgIpc) is 3.11. The monoisotopic (exact) mass is 350 g/mol. The maximum absolute atomic E-state index is 4.65. The molecule has 0 amide bonds. The fraction of sp³-hybridized carbons (Fsp3) is 0.455. The van der Waals surface area contributed by atoms with Gasteiger partial charge in [-0.3, -0.25) is 4.40 Å². The predicted molar refractivity (Wildman–Crippen MR) is 110 cm³/mol. The van der Waals surface area contributed by atoms with Gasteiger partial charge in [0.1, 0.15) is 5.82 Å². The first-order valence-corrected chi connectivity index (χ1v) is 10.0. The van der Waals surface area contributed by atoms with E-state index in [1.807, 2.05) is 41.1 Å². The smallest absolute Gasteiger partial charge is 0.236 e. The van der Waals surface area contributed by atoms with Gasteiger partial charge in [0.05, 0.1) is 5.69 Å². The number of hydrogen-bond acceptors (Lipinski definition) is 3. The Morgan fingerprint density at radius 1 is 0.846 bits per heavy atom. The van der Waals surface area contributed by atoms with Gasteiger partial charge in [0.15, 0.2) is 0 Å². The van der Waals surface area contributed by atoms with Crippen molar-refractivity contribution in [3.8, 4) is 11.3 Å². The molecule has 0 fully saturated rings. The molecule has 3 aromatic rings. The molecule has 1 aromatic carbocycles. The fourth-order valence-corrected chi connectivity index (χ4v) is 3.19. The Kier molecular flexibility index (Phi) is 7.05. The van der Waals surface area contributed by atoms with Crippen LogP contribution in [0.15, 0.2) is 48.8 Å². The van der Waals surface area contributed by atoms with Crippen LogP contribution in [0.3, 0.4) is 0 Å². The van der Waals surface area contributed by atoms with Crippen LogP contribution >= 0.6 is 0 Å². The molecule has 2 aromatic heterocycles. The molecule has 0 aliphatic heterocycles. The zero-order valence-electron chi connectivity index (χ0n) is 15.8. The topological polar surface area (TPSA) is 42.2 Å². The Labute approximate surface area is 156 Å². The minimum atomic E-state index is 0.741. The van der Waals surface area contributed by atoms with Crippen LogP contribution in [0.5, 0.6) is 0 Å². The molecule has 0 saturated heterocycles. The van der Waals surface area contributed by atoms with E-state index < -0.39 is 0 Å². The number of nitrogens with one attached hydrogen (secondary N) is 1. The predicted octanol–water partition coefficient (Wildman–Crippen LogP) is 5.95. The van der Waals surface area contributed by atoms with E-state index in [2.05, 4.69) is 34.3 Å². The van der Waals surface area contributed by atoms with Gasteiger partial charge in [-0.05, 0) is 12.5 Å². The van der Waals surface area contributed by atoms with Crippen molar-refractivity contribution < 1.29 is 0 Å². The lowest BCUT2D eigenvalue weighted by Crippen LogP contribution is -2.04. The van der Waals surface area contributed by atoms with Crippen LogP contribution in [0.4, 0.5) is 5.82 Å². The number of benzene rings is 1. The normalized spacial score (nSPS) is 11.1. The number of nitrogens with zero attached hydrogens (tertiary/aromatic N) is 3. The van der Waals surface area contributed by atoms with Crippen LogP contribution < -0.4 is 5.32 Å². The molecule has 1 N–H and O–H groups in total. The highest BCUT2D eigenvalue weighted by Gasteiger charge is 2.05. The number of imidazole rings is 1. The van der Waals surface area contributed by atoms with Gasteiger partial charge < -0.3 is 5.32 Å². The Morgan fingerprint density at radius 2 is 1.58 bits per heavy atom. The van der Waals surface area contributed by atoms with Crippen LogP contribution in [-0.4, -0.2) is 20.9 Å². The third-order valence-electron chi connectivity index (χ3n) is 4.73. The highest BCUT2D eigenvalue weighted by molar-refractivity contribution is 5.61. The summed E-state index contributed by atoms with van der Waals surface area (Å²) in [4.78, 5) is 9.28. The number of aromatic nitrogens is 3. The first-order valence-electron chi connectivity index (χ1n) is 10.0. The van der Waals surface area contributed by atoms with E-state index in [1.165, 1.54) is 51.4 Å². The van der Waals surface area contributed by atoms with E-state index in [0.717, 1.165) is 29.4 Å². The quantitative estimate of drug-likeness (QED) is 0.435. The standard InChI is InChI=1S/C22H30N4/c1-2-3-4-5-6-7-8-12-16-23-21-15-17-26-18-20(24-22(26)25-21)19-13-10-9-11-14-19/h9-11,13-15,17-18H,2-8,12,16H2,1H3,(H,23,24,25). The van der Waals surface area contributed by atoms with Gasteiger partial charge in [0, 0.05) is 24.5 Å². The third-order valence-corrected chi connectivity index (χ3v) is 4.73. The number of hydrogen-bond donors (Lipinski definition) is 1. The zero-order chi connectivity index (χ0) is 18.0. The van der Waals surface area contributed by atoms with Gasteiger partial charge in [-0.25, -0.2) is 4.98 Å². The van der Waals surface area contributed by atoms with Crippen LogP contribution in [0, 0.1) is 0 Å². The lowest BCUT2D eigenvalue weighted by Gasteiger charge is -2.05. The summed E-state index contributed by atoms with van der Waals surface area (Å²) >= 11 is 0. The molecule has 0 radical (unpaired) electrons. The van der Waals surface area contributed by atoms with Crippen molar-refractivity contribution >= 4 is 11.6 Å². The van der Waals surface area contributed by atoms with E-state index in [9.17, 15) is 0 Å². The van der Waals surface area contributed by atoms with Crippen LogP contribution in [0.1, 0.15) is 58.3 Å². The van der Waals surface area contributed by atoms with E-state index in [1.54, 1.807) is 0 Å². The fourth-order valence-electron chi connectivity index (χ4n) is 3.19. The summed E-state index contributed by atoms with van der Waals surface area (Å²) in [6, 6.07) is 12.2. The second kappa shape index (κ2) is 9.95. The molecular formula is C22H30N4. The zero-order valence-corrected chi connectivity index (χ0v) is 15.8. The molecule has 0 bridgehead atoms. The molecule has 0 saturated carbocycles. The SMILES string of the molecule is CCCCCCCCCCNc1ccn2cc(-c3ccccc3)nc2n1. The van der Waals surface area contributed by atoms with Crippen molar-refractivity contribution in [1.29, 1.82) is 0 Å². The van der Waals surface area contributed by atoms with E-state index in [-0.39, 0.29) is 0 Å². The highest BCUT2D eigenvalue weighted by Crippen LogP contribution is 2.18. The Balaban J connectivity index is 1.44. The van der Waals surface area contributed by atoms with Crippen molar-refractivity contribution in [3.05, 3.63) is 48.8 Å². The first-order chi connectivity index (χ1) is 12.9. The minimum Gasteiger partial charge on any atom is -0.370 e. The third kappa shape index (κ3) is 5.32. The molecular weight excluding hydrogens is 320 g/mol. The second-order valence-electron chi connectivity index (χ2n) is 6.91. The summed E-state index contributed by atoms with van der Waals surface area (Å²) in [5, 5.41) is 3.43. The van der Waals surface area contributed by atoms with E-state index in [0.29, 0.717) is 0 Å². The molecule has 138 valence electrons. The van der Waals surface area contributed by atoms with Crippen LogP contribution in [-0.2, 0) is 0 Å². The van der Waals surface area contributed by atoms with Gasteiger partial charge >= 0.3 is 0 Å². The largest absolute Gasteiger partial charge is 0.370 e. The number of unbranched alkanes of at least 4 members (excludes halogenated alkanes) is 7. The van der Waals surface area contributed by atoms with Crippen molar-refractivity contribution in [3.63, 3.8) is 0 Å². The molecule has 4 nitrogen and oxygen atoms in total. The summed E-state index contributed by atoms with van der Waals surface area (Å²) in [7, 11) is 0. The van der Waals surface area contributed by atoms with Crippen LogP contribution in [0.25, 0.3) is 17.0 Å². The summed E-state index contributed by atoms with van der Waals surface area (Å²) in [5.41, 5.74) is 2.07. The molecule has 4 heteroatoms. The van der Waals surface area contributed by atoms with E-state index in [4.69, 9.17) is 0 Å². The van der Waals surface area contributed by atoms with Crippen molar-refractivity contribution in [2.75, 3.05) is 11.9 Å². The van der Waals surface area contributed by atoms with E-state index >= 15 is 0 Å². The average molecular weight is 351 g/mol. The molecule has 0 spiro atoms. The maximum atomic E-state index is 4.65. The molecule has 2 heterocycles. The van der Waals surface area contributed by atoms with Gasteiger partial charge in [-0.15, -0.1) is 0 Å². The van der Waals surface area contributed by atoms with Gasteiger partial charge in [0.2, 0.25) is 5.78 Å². The molecule has 0 aliphatic carbocycles. The summed E-state index contributed by atoms with van der Waals surface area (Å²) < 4.78 is 1.98. The Hall–Kier alpha value is -2.36. The maximum Gasteiger partial charge on any atom is 0.236 e. The van der Waals surface area contributed by atoms with Gasteiger partial charge in [-0.2, -0.15) is 4.98 Å². The lowest BCUT2D eigenvalue weighted by atomic mass is 10.1. The Morgan fingerprint density at radius 3 is 2.35 bits per heavy atom. The Bertz CT molecular complexity index is 779. The molecule has 0 aliphatic rings. The minimum absolute atomic E-state index is 0.741. The van der Waals surface area contributed by atoms with Crippen molar-refractivity contribution in [2.24, 2.45) is 0 Å². The first kappa shape index (κ1) is 18.4. The van der Waals surface area contributed by atoms with Crippen molar-refractivity contribution in [2.45, 2.75) is 58.3 Å². The molecule has 3 rings (SSSR count).